The Morgan fingerprint density at radius 1 is 1.14 bits per heavy atom. The number of benzene rings is 1. The summed E-state index contributed by atoms with van der Waals surface area (Å²) in [6.07, 6.45) is 5.55. The normalized spacial score (nSPS) is 17.0. The maximum Gasteiger partial charge on any atom is 0.337 e. The lowest BCUT2D eigenvalue weighted by Crippen LogP contribution is -2.35. The molecule has 1 aliphatic heterocycles. The highest BCUT2D eigenvalue weighted by molar-refractivity contribution is 6.00. The van der Waals surface area contributed by atoms with E-state index in [0.717, 1.165) is 5.56 Å². The Bertz CT molecular complexity index is 894. The van der Waals surface area contributed by atoms with Crippen molar-refractivity contribution in [1.82, 2.24) is 5.32 Å². The Morgan fingerprint density at radius 3 is 2.29 bits per heavy atom. The second kappa shape index (κ2) is 8.35. The Hall–Kier alpha value is -3.00. The number of carbonyl (C=O) groups excluding carboxylic acids is 2. The zero-order valence-corrected chi connectivity index (χ0v) is 17.3. The van der Waals surface area contributed by atoms with Crippen LogP contribution < -0.4 is 5.32 Å². The van der Waals surface area contributed by atoms with Crippen molar-refractivity contribution in [2.24, 2.45) is 0 Å². The molecule has 0 spiro atoms. The molecule has 1 atom stereocenters. The molecule has 0 aromatic heterocycles. The third-order valence-electron chi connectivity index (χ3n) is 4.26. The molecule has 148 valence electrons. The number of carbonyl (C=O) groups is 2. The summed E-state index contributed by atoms with van der Waals surface area (Å²) in [6.45, 7) is 11.0. The summed E-state index contributed by atoms with van der Waals surface area (Å²) in [5.74, 6) is 1.01. The fourth-order valence-corrected chi connectivity index (χ4v) is 3.22. The van der Waals surface area contributed by atoms with Crippen LogP contribution in [0.25, 0.3) is 0 Å². The number of terminal acetylenes is 1. The van der Waals surface area contributed by atoms with Gasteiger partial charge in [0.25, 0.3) is 0 Å². The van der Waals surface area contributed by atoms with E-state index in [-0.39, 0.29) is 6.61 Å². The van der Waals surface area contributed by atoms with Gasteiger partial charge in [-0.15, -0.1) is 6.42 Å². The zero-order chi connectivity index (χ0) is 21.1. The van der Waals surface area contributed by atoms with Gasteiger partial charge in [-0.05, 0) is 59.2 Å². The predicted octanol–water partition coefficient (Wildman–Crippen LogP) is 3.81. The van der Waals surface area contributed by atoms with Crippen molar-refractivity contribution < 1.29 is 19.1 Å². The topological polar surface area (TPSA) is 64.6 Å². The van der Waals surface area contributed by atoms with Crippen LogP contribution in [-0.4, -0.2) is 24.1 Å². The fraction of sp³-hybridized carbons (Fsp3) is 0.391. The second-order valence-electron chi connectivity index (χ2n) is 7.63. The van der Waals surface area contributed by atoms with E-state index in [9.17, 15) is 9.59 Å². The molecule has 1 aromatic carbocycles. The first-order valence-electron chi connectivity index (χ1n) is 9.24. The van der Waals surface area contributed by atoms with Crippen molar-refractivity contribution in [3.63, 3.8) is 0 Å². The Balaban J connectivity index is 2.67. The van der Waals surface area contributed by atoms with E-state index >= 15 is 0 Å². The van der Waals surface area contributed by atoms with Crippen LogP contribution in [0, 0.1) is 12.3 Å². The highest BCUT2D eigenvalue weighted by Crippen LogP contribution is 2.40. The largest absolute Gasteiger partial charge is 0.463 e. The van der Waals surface area contributed by atoms with Gasteiger partial charge in [0.2, 0.25) is 0 Å². The van der Waals surface area contributed by atoms with Gasteiger partial charge in [0.05, 0.1) is 23.7 Å². The smallest absolute Gasteiger partial charge is 0.337 e. The number of rotatable bonds is 4. The van der Waals surface area contributed by atoms with Crippen LogP contribution in [-0.2, 0) is 19.1 Å². The third-order valence-corrected chi connectivity index (χ3v) is 4.26. The molecule has 28 heavy (non-hydrogen) atoms. The quantitative estimate of drug-likeness (QED) is 0.635. The Kier molecular flexibility index (Phi) is 6.35. The first-order valence-corrected chi connectivity index (χ1v) is 9.24. The number of dihydropyridines is 1. The first-order chi connectivity index (χ1) is 13.1. The minimum absolute atomic E-state index is 0.233. The Labute approximate surface area is 166 Å². The lowest BCUT2D eigenvalue weighted by Gasteiger charge is -2.32. The Morgan fingerprint density at radius 2 is 1.75 bits per heavy atom. The molecule has 0 saturated carbocycles. The van der Waals surface area contributed by atoms with E-state index in [4.69, 9.17) is 15.9 Å². The number of hydrogen-bond donors (Lipinski definition) is 1. The van der Waals surface area contributed by atoms with Crippen molar-refractivity contribution in [2.75, 3.05) is 6.61 Å². The molecule has 0 saturated heterocycles. The maximum atomic E-state index is 13.1. The molecule has 0 radical (unpaired) electrons. The minimum atomic E-state index is -0.671. The molecular weight excluding hydrogens is 354 g/mol. The average molecular weight is 381 g/mol. The number of allylic oxidation sites excluding steroid dienone is 2. The van der Waals surface area contributed by atoms with Gasteiger partial charge in [0.15, 0.2) is 0 Å². The summed E-state index contributed by atoms with van der Waals surface area (Å²) in [7, 11) is 0. The van der Waals surface area contributed by atoms with Gasteiger partial charge in [-0.1, -0.05) is 18.1 Å². The fourth-order valence-electron chi connectivity index (χ4n) is 3.22. The molecule has 0 aliphatic carbocycles. The molecule has 1 unspecified atom stereocenters. The molecule has 1 heterocycles. The molecule has 2 rings (SSSR count). The van der Waals surface area contributed by atoms with Crippen molar-refractivity contribution in [3.8, 4) is 12.3 Å². The van der Waals surface area contributed by atoms with Crippen molar-refractivity contribution in [2.45, 2.75) is 53.1 Å². The summed E-state index contributed by atoms with van der Waals surface area (Å²) >= 11 is 0. The lowest BCUT2D eigenvalue weighted by atomic mass is 9.80. The van der Waals surface area contributed by atoms with E-state index in [1.165, 1.54) is 0 Å². The number of hydrogen-bond acceptors (Lipinski definition) is 5. The van der Waals surface area contributed by atoms with Crippen LogP contribution in [0.1, 0.15) is 58.6 Å². The van der Waals surface area contributed by atoms with E-state index in [0.29, 0.717) is 28.1 Å². The van der Waals surface area contributed by atoms with Gasteiger partial charge in [0, 0.05) is 17.0 Å². The van der Waals surface area contributed by atoms with Crippen LogP contribution in [0.4, 0.5) is 0 Å². The van der Waals surface area contributed by atoms with Gasteiger partial charge in [-0.3, -0.25) is 0 Å². The molecule has 0 amide bonds. The van der Waals surface area contributed by atoms with Crippen molar-refractivity contribution in [3.05, 3.63) is 57.9 Å². The van der Waals surface area contributed by atoms with E-state index in [1.807, 2.05) is 12.1 Å². The predicted molar refractivity (Wildman–Crippen MR) is 108 cm³/mol. The molecule has 1 aromatic rings. The van der Waals surface area contributed by atoms with Crippen LogP contribution >= 0.6 is 0 Å². The van der Waals surface area contributed by atoms with Crippen molar-refractivity contribution in [1.29, 1.82) is 0 Å². The monoisotopic (exact) mass is 381 g/mol. The number of esters is 2. The van der Waals surface area contributed by atoms with Gasteiger partial charge in [0.1, 0.15) is 5.60 Å². The zero-order valence-electron chi connectivity index (χ0n) is 17.3. The summed E-state index contributed by atoms with van der Waals surface area (Å²) in [4.78, 5) is 25.8. The van der Waals surface area contributed by atoms with Gasteiger partial charge in [-0.25, -0.2) is 9.59 Å². The van der Waals surface area contributed by atoms with Crippen LogP contribution in [0.2, 0.25) is 0 Å². The van der Waals surface area contributed by atoms with E-state index in [1.54, 1.807) is 53.7 Å². The molecule has 5 nitrogen and oxygen atoms in total. The number of ether oxygens (including phenoxy) is 2. The highest BCUT2D eigenvalue weighted by Gasteiger charge is 2.39. The van der Waals surface area contributed by atoms with Crippen molar-refractivity contribution >= 4 is 11.9 Å². The summed E-state index contributed by atoms with van der Waals surface area (Å²) in [6, 6.07) is 7.27. The molecular formula is C23H27NO4. The van der Waals surface area contributed by atoms with Crippen LogP contribution in [0.15, 0.2) is 46.8 Å². The summed E-state index contributed by atoms with van der Waals surface area (Å²) < 4.78 is 10.9. The maximum absolute atomic E-state index is 13.1. The minimum Gasteiger partial charge on any atom is -0.463 e. The van der Waals surface area contributed by atoms with Gasteiger partial charge in [-0.2, -0.15) is 0 Å². The lowest BCUT2D eigenvalue weighted by molar-refractivity contribution is -0.150. The third kappa shape index (κ3) is 4.64. The molecule has 1 aliphatic rings. The number of nitrogens with one attached hydrogen (secondary N) is 1. The molecule has 1 N–H and O–H groups in total. The molecule has 5 heteroatoms. The van der Waals surface area contributed by atoms with Crippen LogP contribution in [0.3, 0.4) is 0 Å². The molecule has 0 bridgehead atoms. The SMILES string of the molecule is C#Cc1cccc(C2C(C(=O)OCC)=C(C)NC(C)=C2C(=O)OC(C)(C)C)c1. The summed E-state index contributed by atoms with van der Waals surface area (Å²) in [5.41, 5.74) is 2.75. The molecule has 0 fully saturated rings. The van der Waals surface area contributed by atoms with Gasteiger partial charge >= 0.3 is 11.9 Å². The highest BCUT2D eigenvalue weighted by atomic mass is 16.6. The van der Waals surface area contributed by atoms with E-state index in [2.05, 4.69) is 11.2 Å². The van der Waals surface area contributed by atoms with E-state index < -0.39 is 23.5 Å². The van der Waals surface area contributed by atoms with Crippen LogP contribution in [0.5, 0.6) is 0 Å². The average Bonchev–Trinajstić information content (AvgIpc) is 2.59. The van der Waals surface area contributed by atoms with Gasteiger partial charge < -0.3 is 14.8 Å². The summed E-state index contributed by atoms with van der Waals surface area (Å²) in [5, 5.41) is 3.13. The standard InChI is InChI=1S/C23H27NO4/c1-8-16-11-10-12-17(13-16)20-18(21(25)27-9-2)14(3)24-15(4)19(20)22(26)28-23(5,6)7/h1,10-13,20,24H,9H2,2-7H3. The first kappa shape index (κ1) is 21.3. The second-order valence-corrected chi connectivity index (χ2v) is 7.63.